The number of carbonyl (C=O) groups is 1. The van der Waals surface area contributed by atoms with Gasteiger partial charge in [-0.1, -0.05) is 0 Å². The molecule has 3 N–H and O–H groups in total. The summed E-state index contributed by atoms with van der Waals surface area (Å²) in [6.45, 7) is 0.539. The first kappa shape index (κ1) is 13.3. The minimum atomic E-state index is -0.608. The van der Waals surface area contributed by atoms with Gasteiger partial charge in [-0.05, 0) is 12.5 Å². The largest absolute Gasteiger partial charge is 0.391 e. The van der Waals surface area contributed by atoms with Crippen LogP contribution in [0.15, 0.2) is 16.9 Å². The second-order valence-electron chi connectivity index (χ2n) is 3.46. The number of H-pyrrole nitrogens is 1. The van der Waals surface area contributed by atoms with Gasteiger partial charge in [0.25, 0.3) is 11.5 Å². The molecule has 0 aliphatic heterocycles. The van der Waals surface area contributed by atoms with Gasteiger partial charge in [0.05, 0.1) is 12.7 Å². The van der Waals surface area contributed by atoms with Gasteiger partial charge in [-0.15, -0.1) is 0 Å². The number of amides is 1. The maximum atomic E-state index is 11.5. The number of carbonyl (C=O) groups excluding carboxylic acids is 1. The summed E-state index contributed by atoms with van der Waals surface area (Å²) >= 11 is 0. The van der Waals surface area contributed by atoms with Crippen LogP contribution in [0.1, 0.15) is 16.9 Å². The standard InChI is InChI=1S/C10H15N3O4/c1-17-6-7(14)4-5-11-10(16)8-2-3-9(15)13-12-8/h2-3,7,14H,4-6H2,1H3,(H,11,16)(H,13,15). The zero-order valence-electron chi connectivity index (χ0n) is 9.47. The van der Waals surface area contributed by atoms with E-state index in [1.165, 1.54) is 19.2 Å². The zero-order valence-corrected chi connectivity index (χ0v) is 9.47. The highest BCUT2D eigenvalue weighted by atomic mass is 16.5. The van der Waals surface area contributed by atoms with Crippen molar-refractivity contribution < 1.29 is 14.6 Å². The molecule has 17 heavy (non-hydrogen) atoms. The van der Waals surface area contributed by atoms with Crippen molar-refractivity contribution in [1.29, 1.82) is 0 Å². The van der Waals surface area contributed by atoms with Crippen molar-refractivity contribution in [2.75, 3.05) is 20.3 Å². The van der Waals surface area contributed by atoms with Crippen LogP contribution in [0.4, 0.5) is 0 Å². The van der Waals surface area contributed by atoms with Gasteiger partial charge in [-0.2, -0.15) is 5.10 Å². The lowest BCUT2D eigenvalue weighted by Gasteiger charge is -2.09. The Kier molecular flexibility index (Phi) is 5.31. The Morgan fingerprint density at radius 2 is 2.41 bits per heavy atom. The average molecular weight is 241 g/mol. The van der Waals surface area contributed by atoms with E-state index >= 15 is 0 Å². The number of nitrogens with one attached hydrogen (secondary N) is 2. The Labute approximate surface area is 97.8 Å². The van der Waals surface area contributed by atoms with E-state index in [2.05, 4.69) is 15.5 Å². The van der Waals surface area contributed by atoms with Crippen LogP contribution in [0, 0.1) is 0 Å². The summed E-state index contributed by atoms with van der Waals surface area (Å²) in [5.41, 5.74) is -0.233. The lowest BCUT2D eigenvalue weighted by atomic mass is 10.2. The van der Waals surface area contributed by atoms with Gasteiger partial charge in [0.2, 0.25) is 0 Å². The summed E-state index contributed by atoms with van der Waals surface area (Å²) in [6.07, 6.45) is -0.216. The molecule has 1 aromatic rings. The van der Waals surface area contributed by atoms with E-state index in [-0.39, 0.29) is 17.9 Å². The van der Waals surface area contributed by atoms with E-state index in [4.69, 9.17) is 4.74 Å². The molecule has 0 fully saturated rings. The monoisotopic (exact) mass is 241 g/mol. The molecule has 0 bridgehead atoms. The summed E-state index contributed by atoms with van der Waals surface area (Å²) in [6, 6.07) is 2.56. The highest BCUT2D eigenvalue weighted by Crippen LogP contribution is 1.92. The van der Waals surface area contributed by atoms with E-state index in [1.807, 2.05) is 0 Å². The molecule has 0 aliphatic carbocycles. The van der Waals surface area contributed by atoms with E-state index in [9.17, 15) is 14.7 Å². The van der Waals surface area contributed by atoms with Crippen LogP contribution >= 0.6 is 0 Å². The van der Waals surface area contributed by atoms with Crippen LogP contribution in [0.3, 0.4) is 0 Å². The number of aliphatic hydroxyl groups excluding tert-OH is 1. The minimum absolute atomic E-state index is 0.130. The molecule has 1 unspecified atom stereocenters. The summed E-state index contributed by atoms with van der Waals surface area (Å²) in [5.74, 6) is -0.397. The molecule has 0 saturated heterocycles. The molecular weight excluding hydrogens is 226 g/mol. The molecule has 1 rings (SSSR count). The molecule has 1 atom stereocenters. The Balaban J connectivity index is 2.35. The fourth-order valence-electron chi connectivity index (χ4n) is 1.19. The third-order valence-corrected chi connectivity index (χ3v) is 2.03. The summed E-state index contributed by atoms with van der Waals surface area (Å²) < 4.78 is 4.74. The summed E-state index contributed by atoms with van der Waals surface area (Å²) in [7, 11) is 1.49. The molecular formula is C10H15N3O4. The van der Waals surface area contributed by atoms with Gasteiger partial charge in [0, 0.05) is 19.7 Å². The van der Waals surface area contributed by atoms with E-state index < -0.39 is 12.0 Å². The fourth-order valence-corrected chi connectivity index (χ4v) is 1.19. The number of aromatic amines is 1. The van der Waals surface area contributed by atoms with Gasteiger partial charge in [-0.3, -0.25) is 9.59 Å². The number of methoxy groups -OCH3 is 1. The first-order valence-corrected chi connectivity index (χ1v) is 5.14. The summed E-state index contributed by atoms with van der Waals surface area (Å²) in [5, 5.41) is 17.6. The number of rotatable bonds is 6. The van der Waals surface area contributed by atoms with Gasteiger partial charge >= 0.3 is 0 Å². The topological polar surface area (TPSA) is 104 Å². The first-order chi connectivity index (χ1) is 8.13. The van der Waals surface area contributed by atoms with Gasteiger partial charge < -0.3 is 15.2 Å². The van der Waals surface area contributed by atoms with Crippen molar-refractivity contribution >= 4 is 5.91 Å². The van der Waals surface area contributed by atoms with Crippen LogP contribution in [0.25, 0.3) is 0 Å². The lowest BCUT2D eigenvalue weighted by molar-refractivity contribution is 0.0587. The number of hydrogen-bond acceptors (Lipinski definition) is 5. The quantitative estimate of drug-likeness (QED) is 0.586. The van der Waals surface area contributed by atoms with Crippen LogP contribution < -0.4 is 10.9 Å². The van der Waals surface area contributed by atoms with Crippen molar-refractivity contribution in [2.45, 2.75) is 12.5 Å². The predicted molar refractivity (Wildman–Crippen MR) is 59.7 cm³/mol. The highest BCUT2D eigenvalue weighted by molar-refractivity contribution is 5.91. The molecule has 0 aromatic carbocycles. The van der Waals surface area contributed by atoms with Crippen LogP contribution in [-0.2, 0) is 4.74 Å². The van der Waals surface area contributed by atoms with Crippen molar-refractivity contribution in [2.24, 2.45) is 0 Å². The number of aliphatic hydroxyl groups is 1. The van der Waals surface area contributed by atoms with Gasteiger partial charge in [-0.25, -0.2) is 5.10 Å². The zero-order chi connectivity index (χ0) is 12.7. The van der Waals surface area contributed by atoms with Crippen molar-refractivity contribution in [1.82, 2.24) is 15.5 Å². The van der Waals surface area contributed by atoms with Gasteiger partial charge in [0.15, 0.2) is 0 Å². The van der Waals surface area contributed by atoms with Crippen molar-refractivity contribution in [3.05, 3.63) is 28.2 Å². The molecule has 0 aliphatic rings. The smallest absolute Gasteiger partial charge is 0.271 e. The third-order valence-electron chi connectivity index (χ3n) is 2.03. The lowest BCUT2D eigenvalue weighted by Crippen LogP contribution is -2.29. The number of hydrogen-bond donors (Lipinski definition) is 3. The van der Waals surface area contributed by atoms with Crippen LogP contribution in [0.2, 0.25) is 0 Å². The predicted octanol–water partition coefficient (Wildman–Crippen LogP) is -1.10. The number of nitrogens with zero attached hydrogens (tertiary/aromatic N) is 1. The molecule has 0 radical (unpaired) electrons. The Bertz CT molecular complexity index is 398. The normalized spacial score (nSPS) is 12.1. The Hall–Kier alpha value is -1.73. The maximum absolute atomic E-state index is 11.5. The van der Waals surface area contributed by atoms with Crippen LogP contribution in [-0.4, -0.2) is 47.6 Å². The molecule has 94 valence electrons. The molecule has 7 heteroatoms. The molecule has 1 heterocycles. The second kappa shape index (κ2) is 6.77. The fraction of sp³-hybridized carbons (Fsp3) is 0.500. The first-order valence-electron chi connectivity index (χ1n) is 5.14. The van der Waals surface area contributed by atoms with E-state index in [0.29, 0.717) is 13.0 Å². The molecule has 0 spiro atoms. The third kappa shape index (κ3) is 4.75. The summed E-state index contributed by atoms with van der Waals surface area (Å²) in [4.78, 5) is 22.2. The number of ether oxygens (including phenoxy) is 1. The van der Waals surface area contributed by atoms with Crippen molar-refractivity contribution in [3.63, 3.8) is 0 Å². The van der Waals surface area contributed by atoms with Crippen LogP contribution in [0.5, 0.6) is 0 Å². The molecule has 1 aromatic heterocycles. The SMILES string of the molecule is COCC(O)CCNC(=O)c1ccc(=O)[nH]n1. The van der Waals surface area contributed by atoms with Crippen molar-refractivity contribution in [3.8, 4) is 0 Å². The average Bonchev–Trinajstić information content (AvgIpc) is 2.30. The second-order valence-corrected chi connectivity index (χ2v) is 3.46. The number of aromatic nitrogens is 2. The Morgan fingerprint density at radius 1 is 1.65 bits per heavy atom. The molecule has 0 saturated carbocycles. The minimum Gasteiger partial charge on any atom is -0.391 e. The maximum Gasteiger partial charge on any atom is 0.271 e. The molecule has 7 nitrogen and oxygen atoms in total. The highest BCUT2D eigenvalue weighted by Gasteiger charge is 2.08. The van der Waals surface area contributed by atoms with E-state index in [1.54, 1.807) is 0 Å². The molecule has 1 amide bonds. The van der Waals surface area contributed by atoms with Gasteiger partial charge in [0.1, 0.15) is 5.69 Å². The van der Waals surface area contributed by atoms with E-state index in [0.717, 1.165) is 0 Å². The Morgan fingerprint density at radius 3 is 3.00 bits per heavy atom.